The average Bonchev–Trinajstić information content (AvgIpc) is 2.49. The van der Waals surface area contributed by atoms with Crippen molar-refractivity contribution in [3.63, 3.8) is 0 Å². The maximum atomic E-state index is 13.5. The summed E-state index contributed by atoms with van der Waals surface area (Å²) in [4.78, 5) is 0. The van der Waals surface area contributed by atoms with Crippen LogP contribution in [0, 0.1) is 5.82 Å². The number of nitrogens with zero attached hydrogens (tertiary/aromatic N) is 1. The summed E-state index contributed by atoms with van der Waals surface area (Å²) in [5, 5.41) is 7.23. The number of thioether (sulfide) groups is 1. The molecule has 2 aromatic carbocycles. The third-order valence-corrected chi connectivity index (χ3v) is 3.81. The number of amidine groups is 1. The van der Waals surface area contributed by atoms with Gasteiger partial charge >= 0.3 is 0 Å². The number of hydrazone groups is 1. The van der Waals surface area contributed by atoms with Gasteiger partial charge in [0.15, 0.2) is 0 Å². The minimum absolute atomic E-state index is 0.253. The van der Waals surface area contributed by atoms with Gasteiger partial charge < -0.3 is 5.73 Å². The van der Waals surface area contributed by atoms with Crippen LogP contribution in [0.1, 0.15) is 11.1 Å². The van der Waals surface area contributed by atoms with E-state index < -0.39 is 5.82 Å². The van der Waals surface area contributed by atoms with Gasteiger partial charge in [-0.1, -0.05) is 59.8 Å². The lowest BCUT2D eigenvalue weighted by Crippen LogP contribution is -2.62. The Morgan fingerprint density at radius 1 is 1.24 bits per heavy atom. The number of benzene rings is 2. The minimum Gasteiger partial charge on any atom is -0.373 e. The standard InChI is InChI=1S/C15H13ClFN3S/c16-13-7-4-8-14(17)12(13)9-19-20-15(18)21-10-11-5-2-1-3-6-11/h1-9H,10H2,(H2,18,20)/p+1. The Morgan fingerprint density at radius 3 is 2.71 bits per heavy atom. The molecule has 21 heavy (non-hydrogen) atoms. The van der Waals surface area contributed by atoms with Crippen molar-refractivity contribution in [1.82, 2.24) is 0 Å². The van der Waals surface area contributed by atoms with Crippen molar-refractivity contribution in [2.45, 2.75) is 5.75 Å². The number of hydrogen-bond donors (Lipinski definition) is 2. The number of nitrogens with two attached hydrogens (primary N) is 1. The highest BCUT2D eigenvalue weighted by Gasteiger charge is 2.06. The van der Waals surface area contributed by atoms with Crippen LogP contribution in [0.2, 0.25) is 5.02 Å². The highest BCUT2D eigenvalue weighted by atomic mass is 35.5. The summed E-state index contributed by atoms with van der Waals surface area (Å²) >= 11 is 7.28. The van der Waals surface area contributed by atoms with Crippen LogP contribution in [0.4, 0.5) is 4.39 Å². The molecule has 6 heteroatoms. The van der Waals surface area contributed by atoms with Crippen molar-refractivity contribution in [2.75, 3.05) is 0 Å². The Kier molecular flexibility index (Phi) is 5.78. The van der Waals surface area contributed by atoms with E-state index in [1.807, 2.05) is 30.3 Å². The SMILES string of the molecule is NC(=N[NH+]=Cc1c(F)cccc1Cl)SCc1ccccc1. The first-order valence-electron chi connectivity index (χ1n) is 6.19. The molecular weight excluding hydrogens is 309 g/mol. The van der Waals surface area contributed by atoms with Crippen LogP contribution in [0.15, 0.2) is 53.6 Å². The van der Waals surface area contributed by atoms with E-state index in [9.17, 15) is 4.39 Å². The smallest absolute Gasteiger partial charge is 0.226 e. The van der Waals surface area contributed by atoms with Gasteiger partial charge in [-0.2, -0.15) is 0 Å². The molecule has 0 heterocycles. The molecule has 3 nitrogen and oxygen atoms in total. The normalized spacial score (nSPS) is 12.0. The first-order chi connectivity index (χ1) is 10.2. The van der Waals surface area contributed by atoms with E-state index in [1.165, 1.54) is 24.0 Å². The van der Waals surface area contributed by atoms with Crippen LogP contribution in [0.3, 0.4) is 0 Å². The van der Waals surface area contributed by atoms with Crippen LogP contribution in [-0.2, 0) is 5.75 Å². The van der Waals surface area contributed by atoms with E-state index in [4.69, 9.17) is 17.3 Å². The Labute approximate surface area is 131 Å². The third-order valence-electron chi connectivity index (χ3n) is 2.61. The van der Waals surface area contributed by atoms with Crippen LogP contribution < -0.4 is 10.8 Å². The summed E-state index contributed by atoms with van der Waals surface area (Å²) in [6.45, 7) is 0. The molecule has 0 radical (unpaired) electrons. The first-order valence-corrected chi connectivity index (χ1v) is 7.56. The lowest BCUT2D eigenvalue weighted by atomic mass is 10.2. The summed E-state index contributed by atoms with van der Waals surface area (Å²) in [6.07, 6.45) is 1.38. The zero-order valence-electron chi connectivity index (χ0n) is 11.1. The molecule has 0 aromatic heterocycles. The second kappa shape index (κ2) is 7.81. The molecule has 2 aromatic rings. The maximum absolute atomic E-state index is 13.5. The quantitative estimate of drug-likeness (QED) is 0.515. The largest absolute Gasteiger partial charge is 0.373 e. The Morgan fingerprint density at radius 2 is 2.00 bits per heavy atom. The molecule has 0 aliphatic rings. The molecule has 0 bridgehead atoms. The van der Waals surface area contributed by atoms with Gasteiger partial charge in [-0.25, -0.2) is 4.39 Å². The maximum Gasteiger partial charge on any atom is 0.226 e. The highest BCUT2D eigenvalue weighted by Crippen LogP contribution is 2.15. The molecule has 0 amide bonds. The fraction of sp³-hybridized carbons (Fsp3) is 0.0667. The van der Waals surface area contributed by atoms with E-state index in [0.717, 1.165) is 11.3 Å². The van der Waals surface area contributed by atoms with Gasteiger partial charge in [0.25, 0.3) is 0 Å². The molecule has 3 N–H and O–H groups in total. The Balaban J connectivity index is 1.95. The number of rotatable bonds is 4. The van der Waals surface area contributed by atoms with Crippen molar-refractivity contribution in [2.24, 2.45) is 10.8 Å². The lowest BCUT2D eigenvalue weighted by molar-refractivity contribution is -0.456. The second-order valence-corrected chi connectivity index (χ2v) is 5.54. The fourth-order valence-electron chi connectivity index (χ4n) is 1.57. The lowest BCUT2D eigenvalue weighted by Gasteiger charge is -1.97. The van der Waals surface area contributed by atoms with Gasteiger partial charge in [0, 0.05) is 10.9 Å². The Bertz CT molecular complexity index is 639. The second-order valence-electron chi connectivity index (χ2n) is 4.13. The topological polar surface area (TPSA) is 52.3 Å². The zero-order valence-corrected chi connectivity index (χ0v) is 12.7. The van der Waals surface area contributed by atoms with Gasteiger partial charge in [0.2, 0.25) is 11.4 Å². The van der Waals surface area contributed by atoms with E-state index in [1.54, 1.807) is 12.1 Å². The minimum atomic E-state index is -0.416. The molecular formula is C15H14ClFN3S+. The van der Waals surface area contributed by atoms with Crippen LogP contribution in [0.5, 0.6) is 0 Å². The van der Waals surface area contributed by atoms with E-state index in [2.05, 4.69) is 10.2 Å². The third kappa shape index (κ3) is 4.88. The van der Waals surface area contributed by atoms with Crippen LogP contribution in [0.25, 0.3) is 0 Å². The molecule has 0 fully saturated rings. The molecule has 0 atom stereocenters. The predicted octanol–water partition coefficient (Wildman–Crippen LogP) is 2.14. The Hall–Kier alpha value is -1.85. The van der Waals surface area contributed by atoms with Crippen LogP contribution >= 0.6 is 23.4 Å². The van der Waals surface area contributed by atoms with Gasteiger partial charge in [0.05, 0.1) is 10.6 Å². The summed E-state index contributed by atoms with van der Waals surface area (Å²) in [7, 11) is 0. The van der Waals surface area contributed by atoms with Gasteiger partial charge in [-0.3, -0.25) is 0 Å². The molecule has 0 unspecified atom stereocenters. The summed E-state index contributed by atoms with van der Waals surface area (Å²) in [6, 6.07) is 14.4. The van der Waals surface area contributed by atoms with E-state index in [0.29, 0.717) is 10.2 Å². The average molecular weight is 323 g/mol. The monoisotopic (exact) mass is 322 g/mol. The number of halogens is 2. The molecule has 2 rings (SSSR count). The summed E-state index contributed by atoms with van der Waals surface area (Å²) in [5.41, 5.74) is 7.17. The highest BCUT2D eigenvalue weighted by molar-refractivity contribution is 8.13. The summed E-state index contributed by atoms with van der Waals surface area (Å²) in [5.74, 6) is 0.305. The molecule has 0 saturated heterocycles. The van der Waals surface area contributed by atoms with Crippen molar-refractivity contribution in [3.8, 4) is 0 Å². The molecule has 0 aliphatic carbocycles. The fourth-order valence-corrected chi connectivity index (χ4v) is 2.41. The first kappa shape index (κ1) is 15.5. The van der Waals surface area contributed by atoms with Gasteiger partial charge in [-0.05, 0) is 17.7 Å². The number of nitrogens with one attached hydrogen (secondary N) is 1. The van der Waals surface area contributed by atoms with E-state index in [-0.39, 0.29) is 5.56 Å². The molecule has 0 saturated carbocycles. The molecule has 0 aliphatic heterocycles. The molecule has 0 spiro atoms. The molecule has 108 valence electrons. The van der Waals surface area contributed by atoms with Crippen molar-refractivity contribution in [1.29, 1.82) is 0 Å². The number of hydrogen-bond acceptors (Lipinski definition) is 2. The van der Waals surface area contributed by atoms with Crippen molar-refractivity contribution >= 4 is 34.7 Å². The van der Waals surface area contributed by atoms with E-state index >= 15 is 0 Å². The van der Waals surface area contributed by atoms with Crippen molar-refractivity contribution in [3.05, 3.63) is 70.5 Å². The van der Waals surface area contributed by atoms with Crippen molar-refractivity contribution < 1.29 is 9.49 Å². The van der Waals surface area contributed by atoms with Gasteiger partial charge in [-0.15, -0.1) is 5.10 Å². The zero-order chi connectivity index (χ0) is 15.1. The summed E-state index contributed by atoms with van der Waals surface area (Å²) < 4.78 is 13.5. The van der Waals surface area contributed by atoms with Crippen LogP contribution in [-0.4, -0.2) is 11.4 Å². The van der Waals surface area contributed by atoms with Gasteiger partial charge in [0.1, 0.15) is 5.82 Å². The predicted molar refractivity (Wildman–Crippen MR) is 86.9 cm³/mol.